The third-order valence-electron chi connectivity index (χ3n) is 1.88. The van der Waals surface area contributed by atoms with Crippen molar-refractivity contribution in [3.05, 3.63) is 24.3 Å². The number of benzene rings is 1. The second-order valence-electron chi connectivity index (χ2n) is 3.04. The van der Waals surface area contributed by atoms with E-state index in [-0.39, 0.29) is 12.4 Å². The Morgan fingerprint density at radius 3 is 2.54 bits per heavy atom. The van der Waals surface area contributed by atoms with Crippen LogP contribution in [0.1, 0.15) is 0 Å². The maximum atomic E-state index is 3.27. The zero-order chi connectivity index (χ0) is 8.55. The van der Waals surface area contributed by atoms with Gasteiger partial charge >= 0.3 is 5.95 Å². The number of nitrogens with zero attached hydrogens (tertiary/aromatic N) is 1. The molecule has 0 aliphatic heterocycles. The molecular weight excluding hydrogens is 186 g/mol. The molecule has 0 radical (unpaired) electrons. The maximum absolute atomic E-state index is 3.27. The quantitative estimate of drug-likeness (QED) is 0.567. The summed E-state index contributed by atoms with van der Waals surface area (Å²) in [5.41, 5.74) is 2.28. The van der Waals surface area contributed by atoms with Crippen LogP contribution in [-0.2, 0) is 0 Å². The molecule has 0 spiro atoms. The minimum atomic E-state index is 0. The molecule has 0 saturated heterocycles. The summed E-state index contributed by atoms with van der Waals surface area (Å²) < 4.78 is 0. The molecule has 2 rings (SSSR count). The van der Waals surface area contributed by atoms with Crippen LogP contribution in [-0.4, -0.2) is 19.1 Å². The number of hydrogen-bond donors (Lipinski definition) is 1. The highest BCUT2D eigenvalue weighted by Gasteiger charge is 2.08. The number of anilines is 1. The molecule has 0 unspecified atom stereocenters. The summed E-state index contributed by atoms with van der Waals surface area (Å²) in [5, 5.41) is 0. The molecule has 0 aliphatic rings. The smallest absolute Gasteiger partial charge is 0.355 e. The van der Waals surface area contributed by atoms with Crippen molar-refractivity contribution in [2.75, 3.05) is 19.0 Å². The Balaban J connectivity index is 0.000000845. The normalized spacial score (nSPS) is 9.69. The first-order valence-corrected chi connectivity index (χ1v) is 3.95. The van der Waals surface area contributed by atoms with Gasteiger partial charge < -0.3 is 12.4 Å². The second kappa shape index (κ2) is 3.66. The van der Waals surface area contributed by atoms with E-state index in [1.54, 1.807) is 0 Å². The van der Waals surface area contributed by atoms with E-state index in [9.17, 15) is 0 Å². The molecule has 1 aromatic heterocycles. The standard InChI is InChI=1S/C9H11N3.ClH/c1-12(2)9-10-7-5-3-4-6-8(7)11-9;/h3-6H,1-2H3,(H,10,11);1H. The van der Waals surface area contributed by atoms with E-state index in [1.165, 1.54) is 0 Å². The van der Waals surface area contributed by atoms with E-state index in [0.717, 1.165) is 17.0 Å². The van der Waals surface area contributed by atoms with Gasteiger partial charge in [0.1, 0.15) is 11.0 Å². The largest absolute Gasteiger partial charge is 1.00 e. The van der Waals surface area contributed by atoms with E-state index in [1.807, 2.05) is 31.1 Å². The van der Waals surface area contributed by atoms with Gasteiger partial charge in [0.25, 0.3) is 0 Å². The SMILES string of the molecule is CN(C)c1[nH]c2ccccc2[nH+]1.[Cl-]. The van der Waals surface area contributed by atoms with Gasteiger partial charge in [0.15, 0.2) is 0 Å². The molecule has 2 N–H and O–H groups in total. The van der Waals surface area contributed by atoms with Crippen LogP contribution in [0.5, 0.6) is 0 Å². The average Bonchev–Trinajstić information content (AvgIpc) is 2.46. The number of hydrogen-bond acceptors (Lipinski definition) is 1. The van der Waals surface area contributed by atoms with Crippen molar-refractivity contribution in [1.29, 1.82) is 0 Å². The Morgan fingerprint density at radius 2 is 1.92 bits per heavy atom. The Kier molecular flexibility index (Phi) is 2.78. The zero-order valence-electron chi connectivity index (χ0n) is 7.63. The van der Waals surface area contributed by atoms with Crippen molar-refractivity contribution in [3.63, 3.8) is 0 Å². The van der Waals surface area contributed by atoms with Crippen molar-refractivity contribution in [3.8, 4) is 0 Å². The number of aromatic amines is 2. The summed E-state index contributed by atoms with van der Waals surface area (Å²) in [4.78, 5) is 8.54. The summed E-state index contributed by atoms with van der Waals surface area (Å²) in [7, 11) is 4.00. The van der Waals surface area contributed by atoms with Crippen molar-refractivity contribution >= 4 is 17.0 Å². The molecule has 0 amide bonds. The highest BCUT2D eigenvalue weighted by atomic mass is 35.5. The van der Waals surface area contributed by atoms with Gasteiger partial charge in [-0.25, -0.2) is 9.97 Å². The third-order valence-corrected chi connectivity index (χ3v) is 1.88. The van der Waals surface area contributed by atoms with E-state index in [0.29, 0.717) is 0 Å². The summed E-state index contributed by atoms with van der Waals surface area (Å²) in [6.07, 6.45) is 0. The lowest BCUT2D eigenvalue weighted by Crippen LogP contribution is -3.00. The van der Waals surface area contributed by atoms with Crippen molar-refractivity contribution in [2.24, 2.45) is 0 Å². The van der Waals surface area contributed by atoms with Gasteiger partial charge in [-0.15, -0.1) is 0 Å². The molecule has 3 nitrogen and oxygen atoms in total. The molecule has 0 bridgehead atoms. The first kappa shape index (κ1) is 9.86. The molecular formula is C9H12ClN3. The number of rotatable bonds is 1. The predicted octanol–water partition coefficient (Wildman–Crippen LogP) is -1.95. The highest BCUT2D eigenvalue weighted by molar-refractivity contribution is 5.72. The highest BCUT2D eigenvalue weighted by Crippen LogP contribution is 2.09. The number of H-pyrrole nitrogens is 2. The molecule has 4 heteroatoms. The molecule has 0 atom stereocenters. The van der Waals surface area contributed by atoms with Gasteiger partial charge in [0, 0.05) is 0 Å². The summed E-state index contributed by atoms with van der Waals surface area (Å²) in [5.74, 6) is 1.02. The summed E-state index contributed by atoms with van der Waals surface area (Å²) in [6.45, 7) is 0. The van der Waals surface area contributed by atoms with Crippen LogP contribution < -0.4 is 22.3 Å². The Hall–Kier alpha value is -1.22. The van der Waals surface area contributed by atoms with Crippen LogP contribution in [0.2, 0.25) is 0 Å². The fraction of sp³-hybridized carbons (Fsp3) is 0.222. The van der Waals surface area contributed by atoms with Crippen molar-refractivity contribution < 1.29 is 17.4 Å². The van der Waals surface area contributed by atoms with Crippen LogP contribution in [0.3, 0.4) is 0 Å². The second-order valence-corrected chi connectivity index (χ2v) is 3.04. The number of para-hydroxylation sites is 2. The van der Waals surface area contributed by atoms with Crippen LogP contribution in [0.4, 0.5) is 5.95 Å². The van der Waals surface area contributed by atoms with Crippen LogP contribution in [0.25, 0.3) is 11.0 Å². The number of nitrogens with one attached hydrogen (secondary N) is 2. The predicted molar refractivity (Wildman–Crippen MR) is 49.2 cm³/mol. The first-order chi connectivity index (χ1) is 5.77. The average molecular weight is 198 g/mol. The van der Waals surface area contributed by atoms with E-state index in [4.69, 9.17) is 0 Å². The molecule has 2 aromatic rings. The molecule has 13 heavy (non-hydrogen) atoms. The molecule has 70 valence electrons. The lowest BCUT2D eigenvalue weighted by molar-refractivity contribution is -0.329. The van der Waals surface area contributed by atoms with Gasteiger partial charge in [-0.1, -0.05) is 12.1 Å². The van der Waals surface area contributed by atoms with Gasteiger partial charge in [-0.3, -0.25) is 4.90 Å². The van der Waals surface area contributed by atoms with Crippen LogP contribution in [0.15, 0.2) is 24.3 Å². The molecule has 0 fully saturated rings. The molecule has 1 aromatic carbocycles. The number of fused-ring (bicyclic) bond motifs is 1. The minimum absolute atomic E-state index is 0. The van der Waals surface area contributed by atoms with Gasteiger partial charge in [0.05, 0.1) is 14.1 Å². The lowest BCUT2D eigenvalue weighted by atomic mass is 10.3. The topological polar surface area (TPSA) is 33.2 Å². The fourth-order valence-corrected chi connectivity index (χ4v) is 1.21. The Bertz CT molecular complexity index is 361. The Labute approximate surface area is 83.2 Å². The van der Waals surface area contributed by atoms with Gasteiger partial charge in [-0.05, 0) is 12.1 Å². The lowest BCUT2D eigenvalue weighted by Gasteiger charge is -1.97. The molecule has 0 saturated carbocycles. The van der Waals surface area contributed by atoms with Crippen LogP contribution in [0, 0.1) is 0 Å². The number of aromatic nitrogens is 2. The van der Waals surface area contributed by atoms with Gasteiger partial charge in [-0.2, -0.15) is 0 Å². The minimum Gasteiger partial charge on any atom is -1.00 e. The Morgan fingerprint density at radius 1 is 1.23 bits per heavy atom. The van der Waals surface area contributed by atoms with Gasteiger partial charge in [0.2, 0.25) is 0 Å². The summed E-state index contributed by atoms with van der Waals surface area (Å²) in [6, 6.07) is 8.15. The zero-order valence-corrected chi connectivity index (χ0v) is 8.39. The number of imidazole rings is 1. The van der Waals surface area contributed by atoms with Crippen molar-refractivity contribution in [1.82, 2.24) is 4.98 Å². The molecule has 1 heterocycles. The van der Waals surface area contributed by atoms with E-state index in [2.05, 4.69) is 22.1 Å². The van der Waals surface area contributed by atoms with E-state index < -0.39 is 0 Å². The van der Waals surface area contributed by atoms with Crippen molar-refractivity contribution in [2.45, 2.75) is 0 Å². The van der Waals surface area contributed by atoms with Crippen LogP contribution >= 0.6 is 0 Å². The fourth-order valence-electron chi connectivity index (χ4n) is 1.21. The van der Waals surface area contributed by atoms with E-state index >= 15 is 0 Å². The first-order valence-electron chi connectivity index (χ1n) is 3.95. The molecule has 0 aliphatic carbocycles. The maximum Gasteiger partial charge on any atom is 0.355 e. The number of halogens is 1. The summed E-state index contributed by atoms with van der Waals surface area (Å²) >= 11 is 0. The third kappa shape index (κ3) is 1.75. The monoisotopic (exact) mass is 197 g/mol.